The van der Waals surface area contributed by atoms with Crippen molar-refractivity contribution >= 4 is 23.1 Å². The largest absolute Gasteiger partial charge is 0.376 e. The lowest BCUT2D eigenvalue weighted by molar-refractivity contribution is -0.117. The van der Waals surface area contributed by atoms with Crippen LogP contribution in [0.2, 0.25) is 0 Å². The second-order valence-electron chi connectivity index (χ2n) is 8.88. The van der Waals surface area contributed by atoms with Crippen molar-refractivity contribution in [3.05, 3.63) is 48.2 Å². The molecule has 2 aromatic rings. The van der Waals surface area contributed by atoms with Crippen LogP contribution < -0.4 is 20.4 Å². The minimum atomic E-state index is 0.0754. The van der Waals surface area contributed by atoms with Crippen LogP contribution in [0, 0.1) is 11.8 Å². The van der Waals surface area contributed by atoms with Gasteiger partial charge in [-0.2, -0.15) is 0 Å². The lowest BCUT2D eigenvalue weighted by Crippen LogP contribution is -2.51. The molecule has 158 valence electrons. The molecule has 0 radical (unpaired) electrons. The van der Waals surface area contributed by atoms with Gasteiger partial charge in [-0.05, 0) is 43.0 Å². The van der Waals surface area contributed by atoms with Crippen molar-refractivity contribution in [2.45, 2.75) is 38.8 Å². The van der Waals surface area contributed by atoms with E-state index in [0.29, 0.717) is 5.92 Å². The van der Waals surface area contributed by atoms with Crippen LogP contribution in [0.25, 0.3) is 0 Å². The van der Waals surface area contributed by atoms with Gasteiger partial charge in [0.2, 0.25) is 5.91 Å². The lowest BCUT2D eigenvalue weighted by Gasteiger charge is -2.45. The number of para-hydroxylation sites is 1. The van der Waals surface area contributed by atoms with Gasteiger partial charge in [-0.25, -0.2) is 4.98 Å². The van der Waals surface area contributed by atoms with Crippen LogP contribution in [0.4, 0.5) is 17.2 Å². The number of rotatable bonds is 4. The van der Waals surface area contributed by atoms with Crippen molar-refractivity contribution in [3.63, 3.8) is 0 Å². The SMILES string of the molecule is CC(=O)N1c2ccc(N3CCNCC3)nc2[C@H](Nc2ccccc2)[C@@H](C)[C@@H]1C1CC1. The van der Waals surface area contributed by atoms with E-state index in [1.54, 1.807) is 6.92 Å². The first-order chi connectivity index (χ1) is 14.6. The van der Waals surface area contributed by atoms with Crippen molar-refractivity contribution < 1.29 is 4.79 Å². The summed E-state index contributed by atoms with van der Waals surface area (Å²) in [4.78, 5) is 22.3. The zero-order chi connectivity index (χ0) is 20.7. The summed E-state index contributed by atoms with van der Waals surface area (Å²) in [6.45, 7) is 7.84. The van der Waals surface area contributed by atoms with Crippen LogP contribution in [-0.4, -0.2) is 43.1 Å². The third-order valence-electron chi connectivity index (χ3n) is 6.79. The Morgan fingerprint density at radius 1 is 1.10 bits per heavy atom. The highest BCUT2D eigenvalue weighted by molar-refractivity contribution is 5.94. The Morgan fingerprint density at radius 2 is 1.83 bits per heavy atom. The molecule has 6 heteroatoms. The average molecular weight is 406 g/mol. The molecule has 1 saturated heterocycles. The number of anilines is 3. The highest BCUT2D eigenvalue weighted by atomic mass is 16.2. The Morgan fingerprint density at radius 3 is 2.50 bits per heavy atom. The molecule has 0 unspecified atom stereocenters. The predicted molar refractivity (Wildman–Crippen MR) is 121 cm³/mol. The van der Waals surface area contributed by atoms with E-state index in [1.807, 2.05) is 11.0 Å². The normalized spacial score (nSPS) is 26.3. The lowest BCUT2D eigenvalue weighted by atomic mass is 9.82. The Bertz CT molecular complexity index is 907. The number of piperazine rings is 1. The van der Waals surface area contributed by atoms with E-state index in [0.717, 1.165) is 49.1 Å². The summed E-state index contributed by atoms with van der Waals surface area (Å²) in [5, 5.41) is 7.17. The predicted octanol–water partition coefficient (Wildman–Crippen LogP) is 3.43. The summed E-state index contributed by atoms with van der Waals surface area (Å²) in [5.74, 6) is 2.00. The zero-order valence-electron chi connectivity index (χ0n) is 17.8. The number of benzene rings is 1. The molecule has 2 N–H and O–H groups in total. The first-order valence-electron chi connectivity index (χ1n) is 11.2. The summed E-state index contributed by atoms with van der Waals surface area (Å²) in [5.41, 5.74) is 3.07. The Labute approximate surface area is 178 Å². The monoisotopic (exact) mass is 405 g/mol. The van der Waals surface area contributed by atoms with Crippen LogP contribution in [-0.2, 0) is 4.79 Å². The van der Waals surface area contributed by atoms with E-state index in [-0.39, 0.29) is 23.9 Å². The van der Waals surface area contributed by atoms with E-state index in [1.165, 1.54) is 12.8 Å². The van der Waals surface area contributed by atoms with Gasteiger partial charge in [-0.1, -0.05) is 25.1 Å². The van der Waals surface area contributed by atoms with Crippen molar-refractivity contribution in [1.29, 1.82) is 0 Å². The second kappa shape index (κ2) is 7.91. The Hall–Kier alpha value is -2.60. The van der Waals surface area contributed by atoms with E-state index >= 15 is 0 Å². The Balaban J connectivity index is 1.58. The van der Waals surface area contributed by atoms with Crippen molar-refractivity contribution in [2.75, 3.05) is 41.3 Å². The van der Waals surface area contributed by atoms with Crippen molar-refractivity contribution in [2.24, 2.45) is 11.8 Å². The van der Waals surface area contributed by atoms with Crippen LogP contribution in [0.1, 0.15) is 38.4 Å². The molecule has 1 aliphatic carbocycles. The maximum Gasteiger partial charge on any atom is 0.224 e. The molecule has 2 fully saturated rings. The molecule has 1 saturated carbocycles. The third-order valence-corrected chi connectivity index (χ3v) is 6.79. The van der Waals surface area contributed by atoms with Gasteiger partial charge in [-0.3, -0.25) is 4.79 Å². The van der Waals surface area contributed by atoms with E-state index in [9.17, 15) is 4.79 Å². The molecule has 0 bridgehead atoms. The molecule has 3 aliphatic rings. The van der Waals surface area contributed by atoms with Crippen LogP contribution >= 0.6 is 0 Å². The molecule has 6 nitrogen and oxygen atoms in total. The molecule has 3 atom stereocenters. The summed E-state index contributed by atoms with van der Waals surface area (Å²) in [7, 11) is 0. The fourth-order valence-electron chi connectivity index (χ4n) is 5.17. The first-order valence-corrected chi connectivity index (χ1v) is 11.2. The molecule has 0 spiro atoms. The second-order valence-corrected chi connectivity index (χ2v) is 8.88. The fraction of sp³-hybridized carbons (Fsp3) is 0.500. The minimum absolute atomic E-state index is 0.0754. The number of pyridine rings is 1. The highest BCUT2D eigenvalue weighted by Gasteiger charge is 2.48. The van der Waals surface area contributed by atoms with Gasteiger partial charge in [-0.15, -0.1) is 0 Å². The molecule has 5 rings (SSSR count). The third kappa shape index (κ3) is 3.54. The van der Waals surface area contributed by atoms with Crippen molar-refractivity contribution in [1.82, 2.24) is 10.3 Å². The molecule has 2 aliphatic heterocycles. The first kappa shape index (κ1) is 19.4. The van der Waals surface area contributed by atoms with Gasteiger partial charge in [0, 0.05) is 50.7 Å². The van der Waals surface area contributed by atoms with Crippen molar-refractivity contribution in [3.8, 4) is 0 Å². The number of hydrogen-bond donors (Lipinski definition) is 2. The highest BCUT2D eigenvalue weighted by Crippen LogP contribution is 2.49. The zero-order valence-corrected chi connectivity index (χ0v) is 17.8. The van der Waals surface area contributed by atoms with Gasteiger partial charge in [0.15, 0.2) is 0 Å². The van der Waals surface area contributed by atoms with Gasteiger partial charge in [0.1, 0.15) is 5.82 Å². The summed E-state index contributed by atoms with van der Waals surface area (Å²) in [6, 6.07) is 14.9. The number of aromatic nitrogens is 1. The number of carbonyl (C=O) groups excluding carboxylic acids is 1. The quantitative estimate of drug-likeness (QED) is 0.816. The number of hydrogen-bond acceptors (Lipinski definition) is 5. The van der Waals surface area contributed by atoms with Gasteiger partial charge in [0.25, 0.3) is 0 Å². The molecule has 3 heterocycles. The minimum Gasteiger partial charge on any atom is -0.376 e. The number of carbonyl (C=O) groups is 1. The Kier molecular flexibility index (Phi) is 5.11. The van der Waals surface area contributed by atoms with E-state index < -0.39 is 0 Å². The van der Waals surface area contributed by atoms with E-state index in [2.05, 4.69) is 58.9 Å². The summed E-state index contributed by atoms with van der Waals surface area (Å²) in [6.07, 6.45) is 2.41. The molecular formula is C24H31N5O. The molecule has 1 aromatic heterocycles. The van der Waals surface area contributed by atoms with E-state index in [4.69, 9.17) is 4.98 Å². The van der Waals surface area contributed by atoms with Crippen LogP contribution in [0.15, 0.2) is 42.5 Å². The average Bonchev–Trinajstić information content (AvgIpc) is 3.61. The molecule has 1 amide bonds. The molecule has 1 aromatic carbocycles. The van der Waals surface area contributed by atoms with Crippen LogP contribution in [0.3, 0.4) is 0 Å². The molecule has 30 heavy (non-hydrogen) atoms. The summed E-state index contributed by atoms with van der Waals surface area (Å²) >= 11 is 0. The number of nitrogens with zero attached hydrogens (tertiary/aromatic N) is 3. The van der Waals surface area contributed by atoms with Gasteiger partial charge < -0.3 is 20.4 Å². The smallest absolute Gasteiger partial charge is 0.224 e. The number of nitrogens with one attached hydrogen (secondary N) is 2. The maximum absolute atomic E-state index is 12.8. The standard InChI is InChI=1S/C24H31N5O/c1-16-22(26-19-6-4-3-5-7-19)23-20(29(17(2)30)24(16)18-8-9-18)10-11-21(27-23)28-14-12-25-13-15-28/h3-7,10-11,16,18,22,24-26H,8-9,12-15H2,1-2H3/t16-,22-,24-/m1/s1. The number of fused-ring (bicyclic) bond motifs is 1. The molecular weight excluding hydrogens is 374 g/mol. The number of amides is 1. The fourth-order valence-corrected chi connectivity index (χ4v) is 5.17. The summed E-state index contributed by atoms with van der Waals surface area (Å²) < 4.78 is 0. The van der Waals surface area contributed by atoms with Crippen LogP contribution in [0.5, 0.6) is 0 Å². The van der Waals surface area contributed by atoms with Gasteiger partial charge in [0.05, 0.1) is 17.4 Å². The topological polar surface area (TPSA) is 60.5 Å². The maximum atomic E-state index is 12.8. The van der Waals surface area contributed by atoms with Gasteiger partial charge >= 0.3 is 0 Å².